The van der Waals surface area contributed by atoms with Gasteiger partial charge >= 0.3 is 0 Å². The summed E-state index contributed by atoms with van der Waals surface area (Å²) >= 11 is 0. The highest BCUT2D eigenvalue weighted by atomic mass is 16.2. The highest BCUT2D eigenvalue weighted by Gasteiger charge is 2.27. The number of benzene rings is 1. The Hall–Kier alpha value is -1.35. The third-order valence-electron chi connectivity index (χ3n) is 2.44. The molecule has 0 spiro atoms. The SMILES string of the molecule is CN1Cc2ccccc2[C@@H](N)C1=O. The molecule has 0 saturated carbocycles. The number of nitrogens with two attached hydrogens (primary N) is 1. The van der Waals surface area contributed by atoms with Crippen molar-refractivity contribution in [2.45, 2.75) is 12.6 Å². The molecule has 2 rings (SSSR count). The number of carbonyl (C=O) groups excluding carboxylic acids is 1. The summed E-state index contributed by atoms with van der Waals surface area (Å²) in [6.07, 6.45) is 0. The minimum atomic E-state index is -0.477. The van der Waals surface area contributed by atoms with Gasteiger partial charge in [-0.3, -0.25) is 4.79 Å². The molecule has 0 bridgehead atoms. The summed E-state index contributed by atoms with van der Waals surface area (Å²) < 4.78 is 0. The van der Waals surface area contributed by atoms with E-state index in [1.54, 1.807) is 11.9 Å². The summed E-state index contributed by atoms with van der Waals surface area (Å²) in [6, 6.07) is 7.34. The molecule has 1 aromatic carbocycles. The number of amides is 1. The van der Waals surface area contributed by atoms with Crippen molar-refractivity contribution in [2.75, 3.05) is 7.05 Å². The van der Waals surface area contributed by atoms with Crippen LogP contribution in [0.3, 0.4) is 0 Å². The van der Waals surface area contributed by atoms with Crippen LogP contribution in [0.2, 0.25) is 0 Å². The standard InChI is InChI=1S/C10H12N2O/c1-12-6-7-4-2-3-5-8(7)9(11)10(12)13/h2-5,9H,6,11H2,1H3/t9-/m1/s1. The Balaban J connectivity index is 2.49. The molecule has 1 aliphatic rings. The maximum Gasteiger partial charge on any atom is 0.244 e. The summed E-state index contributed by atoms with van der Waals surface area (Å²) in [5.74, 6) is -0.00120. The second-order valence-electron chi connectivity index (χ2n) is 3.37. The topological polar surface area (TPSA) is 46.3 Å². The van der Waals surface area contributed by atoms with Gasteiger partial charge in [-0.15, -0.1) is 0 Å². The van der Waals surface area contributed by atoms with Crippen LogP contribution >= 0.6 is 0 Å². The van der Waals surface area contributed by atoms with Gasteiger partial charge in [0.1, 0.15) is 6.04 Å². The molecule has 1 aliphatic heterocycles. The van der Waals surface area contributed by atoms with E-state index in [1.807, 2.05) is 24.3 Å². The van der Waals surface area contributed by atoms with Crippen LogP contribution in [0, 0.1) is 0 Å². The highest BCUT2D eigenvalue weighted by molar-refractivity contribution is 5.84. The summed E-state index contributed by atoms with van der Waals surface area (Å²) in [5.41, 5.74) is 7.90. The Morgan fingerprint density at radius 1 is 1.46 bits per heavy atom. The third-order valence-corrected chi connectivity index (χ3v) is 2.44. The summed E-state index contributed by atoms with van der Waals surface area (Å²) in [6.45, 7) is 0.669. The molecule has 0 aromatic heterocycles. The van der Waals surface area contributed by atoms with E-state index >= 15 is 0 Å². The van der Waals surface area contributed by atoms with Gasteiger partial charge in [0.2, 0.25) is 5.91 Å². The minimum absolute atomic E-state index is 0.00120. The lowest BCUT2D eigenvalue weighted by Gasteiger charge is -2.29. The molecule has 3 nitrogen and oxygen atoms in total. The zero-order chi connectivity index (χ0) is 9.42. The minimum Gasteiger partial charge on any atom is -0.340 e. The van der Waals surface area contributed by atoms with Crippen LogP contribution in [-0.4, -0.2) is 17.9 Å². The first-order chi connectivity index (χ1) is 6.20. The van der Waals surface area contributed by atoms with Crippen molar-refractivity contribution in [3.8, 4) is 0 Å². The van der Waals surface area contributed by atoms with Crippen LogP contribution in [0.5, 0.6) is 0 Å². The first-order valence-corrected chi connectivity index (χ1v) is 4.28. The van der Waals surface area contributed by atoms with Gasteiger partial charge in [0.05, 0.1) is 0 Å². The fourth-order valence-corrected chi connectivity index (χ4v) is 1.69. The van der Waals surface area contributed by atoms with E-state index in [9.17, 15) is 4.79 Å². The first kappa shape index (κ1) is 8.26. The molecule has 68 valence electrons. The van der Waals surface area contributed by atoms with E-state index in [0.717, 1.165) is 11.1 Å². The summed E-state index contributed by atoms with van der Waals surface area (Å²) in [7, 11) is 1.78. The van der Waals surface area contributed by atoms with Crippen LogP contribution in [0.4, 0.5) is 0 Å². The molecule has 1 heterocycles. The van der Waals surface area contributed by atoms with E-state index in [2.05, 4.69) is 0 Å². The van der Waals surface area contributed by atoms with Crippen LogP contribution in [0.25, 0.3) is 0 Å². The Kier molecular flexibility index (Phi) is 1.81. The lowest BCUT2D eigenvalue weighted by atomic mass is 9.96. The Morgan fingerprint density at radius 2 is 2.15 bits per heavy atom. The van der Waals surface area contributed by atoms with E-state index in [-0.39, 0.29) is 5.91 Å². The lowest BCUT2D eigenvalue weighted by Crippen LogP contribution is -2.40. The molecule has 0 fully saturated rings. The van der Waals surface area contributed by atoms with Crippen molar-refractivity contribution < 1.29 is 4.79 Å². The van der Waals surface area contributed by atoms with Crippen molar-refractivity contribution in [2.24, 2.45) is 5.73 Å². The maximum atomic E-state index is 11.5. The predicted molar refractivity (Wildman–Crippen MR) is 49.8 cm³/mol. The van der Waals surface area contributed by atoms with Gasteiger partial charge in [-0.25, -0.2) is 0 Å². The molecule has 1 atom stereocenters. The van der Waals surface area contributed by atoms with Crippen molar-refractivity contribution >= 4 is 5.91 Å². The normalized spacial score (nSPS) is 21.5. The molecule has 1 amide bonds. The molecule has 0 aliphatic carbocycles. The van der Waals surface area contributed by atoms with Crippen LogP contribution in [-0.2, 0) is 11.3 Å². The van der Waals surface area contributed by atoms with Crippen molar-refractivity contribution in [3.63, 3.8) is 0 Å². The first-order valence-electron chi connectivity index (χ1n) is 4.28. The third kappa shape index (κ3) is 1.21. The van der Waals surface area contributed by atoms with Crippen LogP contribution < -0.4 is 5.73 Å². The average Bonchev–Trinajstić information content (AvgIpc) is 2.15. The molecule has 0 radical (unpaired) electrons. The number of likely N-dealkylation sites (N-methyl/N-ethyl adjacent to an activating group) is 1. The summed E-state index contributed by atoms with van der Waals surface area (Å²) in [4.78, 5) is 13.1. The van der Waals surface area contributed by atoms with Crippen molar-refractivity contribution in [1.29, 1.82) is 0 Å². The number of hydrogen-bond donors (Lipinski definition) is 1. The van der Waals surface area contributed by atoms with Crippen molar-refractivity contribution in [3.05, 3.63) is 35.4 Å². The van der Waals surface area contributed by atoms with E-state index < -0.39 is 6.04 Å². The van der Waals surface area contributed by atoms with Gasteiger partial charge in [0, 0.05) is 13.6 Å². The molecule has 1 aromatic rings. The average molecular weight is 176 g/mol. The number of fused-ring (bicyclic) bond motifs is 1. The quantitative estimate of drug-likeness (QED) is 0.631. The molecule has 0 unspecified atom stereocenters. The number of carbonyl (C=O) groups is 1. The number of hydrogen-bond acceptors (Lipinski definition) is 2. The van der Waals surface area contributed by atoms with Gasteiger partial charge in [-0.1, -0.05) is 24.3 Å². The smallest absolute Gasteiger partial charge is 0.244 e. The zero-order valence-corrected chi connectivity index (χ0v) is 7.53. The van der Waals surface area contributed by atoms with Gasteiger partial charge in [0.15, 0.2) is 0 Å². The zero-order valence-electron chi connectivity index (χ0n) is 7.53. The lowest BCUT2D eigenvalue weighted by molar-refractivity contribution is -0.132. The monoisotopic (exact) mass is 176 g/mol. The maximum absolute atomic E-state index is 11.5. The van der Waals surface area contributed by atoms with E-state index in [4.69, 9.17) is 5.73 Å². The van der Waals surface area contributed by atoms with Crippen LogP contribution in [0.15, 0.2) is 24.3 Å². The molecular weight excluding hydrogens is 164 g/mol. The number of nitrogens with zero attached hydrogens (tertiary/aromatic N) is 1. The molecule has 2 N–H and O–H groups in total. The van der Waals surface area contributed by atoms with Crippen molar-refractivity contribution in [1.82, 2.24) is 4.90 Å². The van der Waals surface area contributed by atoms with Crippen LogP contribution in [0.1, 0.15) is 17.2 Å². The van der Waals surface area contributed by atoms with E-state index in [1.165, 1.54) is 0 Å². The molecule has 3 heteroatoms. The second kappa shape index (κ2) is 2.85. The van der Waals surface area contributed by atoms with Gasteiger partial charge < -0.3 is 10.6 Å². The largest absolute Gasteiger partial charge is 0.340 e. The van der Waals surface area contributed by atoms with E-state index in [0.29, 0.717) is 6.54 Å². The second-order valence-corrected chi connectivity index (χ2v) is 3.37. The van der Waals surface area contributed by atoms with Gasteiger partial charge in [0.25, 0.3) is 0 Å². The number of rotatable bonds is 0. The predicted octanol–water partition coefficient (Wildman–Crippen LogP) is 0.658. The fourth-order valence-electron chi connectivity index (χ4n) is 1.69. The molecule has 0 saturated heterocycles. The Bertz CT molecular complexity index is 349. The molecule has 13 heavy (non-hydrogen) atoms. The summed E-state index contributed by atoms with van der Waals surface area (Å²) in [5, 5.41) is 0. The Morgan fingerprint density at radius 3 is 2.92 bits per heavy atom. The molecular formula is C10H12N2O. The highest BCUT2D eigenvalue weighted by Crippen LogP contribution is 2.24. The Labute approximate surface area is 77.1 Å². The van der Waals surface area contributed by atoms with Gasteiger partial charge in [-0.05, 0) is 11.1 Å². The van der Waals surface area contributed by atoms with Gasteiger partial charge in [-0.2, -0.15) is 0 Å². The fraction of sp³-hybridized carbons (Fsp3) is 0.300.